The number of nitrogens with zero attached hydrogens (tertiary/aromatic N) is 6. The summed E-state index contributed by atoms with van der Waals surface area (Å²) in [6, 6.07) is 21.2. The van der Waals surface area contributed by atoms with Gasteiger partial charge in [-0.25, -0.2) is 4.79 Å². The Bertz CT molecular complexity index is 3980. The maximum absolute atomic E-state index is 12.3. The van der Waals surface area contributed by atoms with E-state index in [1.165, 1.54) is 12.1 Å². The van der Waals surface area contributed by atoms with Gasteiger partial charge < -0.3 is 20.6 Å². The molecule has 0 saturated heterocycles. The molecule has 0 aliphatic rings. The zero-order valence-electron chi connectivity index (χ0n) is 35.3. The molecule has 7 aromatic rings. The fourth-order valence-electron chi connectivity index (χ4n) is 6.74. The Kier molecular flexibility index (Phi) is 13.2. The highest BCUT2D eigenvalue weighted by molar-refractivity contribution is 7.86. The average molecular weight is 1030 g/mol. The number of rotatable bonds is 12. The molecule has 0 aromatic heterocycles. The number of hydrogen-bond donors (Lipinski definition) is 8. The first-order valence-electron chi connectivity index (χ1n) is 19.2. The number of carboxylic acid groups (broad SMARTS) is 1. The fraction of sp³-hybridized carbons (Fsp3) is 0.0476. The van der Waals surface area contributed by atoms with Crippen LogP contribution in [0.15, 0.2) is 153 Å². The van der Waals surface area contributed by atoms with E-state index in [1.54, 1.807) is 50.2 Å². The molecule has 0 saturated carbocycles. The van der Waals surface area contributed by atoms with Crippen LogP contribution in [0.4, 0.5) is 39.8 Å². The van der Waals surface area contributed by atoms with Gasteiger partial charge >= 0.3 is 11.9 Å². The molecule has 8 N–H and O–H groups in total. The lowest BCUT2D eigenvalue weighted by Crippen LogP contribution is -2.21. The van der Waals surface area contributed by atoms with Crippen LogP contribution in [-0.2, 0) is 50.1 Å². The van der Waals surface area contributed by atoms with Crippen molar-refractivity contribution >= 4 is 114 Å². The smallest absolute Gasteiger partial charge is 0.394 e. The van der Waals surface area contributed by atoms with Crippen LogP contribution < -0.4 is 5.32 Å². The first-order valence-corrected chi connectivity index (χ1v) is 25.0. The summed E-state index contributed by atoms with van der Waals surface area (Å²) in [4.78, 5) is 20.5. The summed E-state index contributed by atoms with van der Waals surface area (Å²) < 4.78 is 134. The van der Waals surface area contributed by atoms with Gasteiger partial charge in [0, 0.05) is 10.8 Å². The molecule has 360 valence electrons. The van der Waals surface area contributed by atoms with Crippen LogP contribution in [-0.4, -0.2) is 79.1 Å². The summed E-state index contributed by atoms with van der Waals surface area (Å²) >= 11 is 0. The molecule has 0 atom stereocenters. The standard InChI is InChI=1S/C42H31N7O17S4/c1-20-13-22(23-4-11-32(21(2)14-23)46-49-38-30-9-7-28(68(58,59)60)16-25(30)18-36(40(38)51)70(64,65)66)3-10-31(20)45-47-33-12-5-26(19-34(33)43-41(52)42(53)54)44-48-37-29-8-6-27(67(55,56)57)15-24(29)17-35(39(37)50)69(61,62)63/h3-19,50-51H,1-2H3,(H,43,52)(H,53,54)(H,55,56,57)(H,58,59,60)(H,61,62,63)(H,64,65,66). The highest BCUT2D eigenvalue weighted by Gasteiger charge is 2.25. The van der Waals surface area contributed by atoms with E-state index in [-0.39, 0.29) is 44.3 Å². The molecular formula is C42H31N7O17S4. The van der Waals surface area contributed by atoms with Gasteiger partial charge in [-0.2, -0.15) is 49.0 Å². The molecule has 70 heavy (non-hydrogen) atoms. The number of nitrogens with one attached hydrogen (secondary N) is 1. The van der Waals surface area contributed by atoms with Crippen molar-refractivity contribution < 1.29 is 76.8 Å². The average Bonchev–Trinajstić information content (AvgIpc) is 3.26. The SMILES string of the molecule is Cc1cc(-c2ccc(N=Nc3c(O)c(S(=O)(=O)O)cc4cc(S(=O)(=O)O)ccc34)c(C)c2)ccc1N=Nc1ccc(N=Nc2c(O)c(S(=O)(=O)O)cc3cc(S(=O)(=O)O)ccc23)cc1NC(=O)C(=O)O. The first-order chi connectivity index (χ1) is 32.6. The van der Waals surface area contributed by atoms with Gasteiger partial charge in [0.05, 0.1) is 32.5 Å². The van der Waals surface area contributed by atoms with Crippen LogP contribution in [0.5, 0.6) is 11.5 Å². The number of anilines is 1. The van der Waals surface area contributed by atoms with E-state index in [4.69, 9.17) is 0 Å². The maximum atomic E-state index is 12.3. The minimum Gasteiger partial charge on any atom is -0.504 e. The Balaban J connectivity index is 1.17. The predicted molar refractivity (Wildman–Crippen MR) is 247 cm³/mol. The van der Waals surface area contributed by atoms with Crippen LogP contribution in [0.1, 0.15) is 11.1 Å². The highest BCUT2D eigenvalue weighted by atomic mass is 32.2. The van der Waals surface area contributed by atoms with Gasteiger partial charge in [-0.1, -0.05) is 24.3 Å². The number of aromatic hydroxyl groups is 2. The third-order valence-corrected chi connectivity index (χ3v) is 13.6. The summed E-state index contributed by atoms with van der Waals surface area (Å²) in [6.07, 6.45) is 0. The Labute approximate surface area is 395 Å². The molecular weight excluding hydrogens is 1000 g/mol. The van der Waals surface area contributed by atoms with Crippen LogP contribution in [0, 0.1) is 13.8 Å². The quantitative estimate of drug-likeness (QED) is 0.0321. The number of fused-ring (bicyclic) bond motifs is 2. The zero-order valence-corrected chi connectivity index (χ0v) is 38.6. The lowest BCUT2D eigenvalue weighted by Gasteiger charge is -2.10. The minimum absolute atomic E-state index is 0.0353. The van der Waals surface area contributed by atoms with Gasteiger partial charge in [0.2, 0.25) is 0 Å². The minimum atomic E-state index is -5.13. The molecule has 0 spiro atoms. The lowest BCUT2D eigenvalue weighted by molar-refractivity contribution is -0.147. The summed E-state index contributed by atoms with van der Waals surface area (Å²) in [6.45, 7) is 3.39. The van der Waals surface area contributed by atoms with Crippen molar-refractivity contribution in [3.63, 3.8) is 0 Å². The largest absolute Gasteiger partial charge is 0.504 e. The normalized spacial score (nSPS) is 12.7. The maximum Gasteiger partial charge on any atom is 0.394 e. The van der Waals surface area contributed by atoms with Crippen LogP contribution in [0.2, 0.25) is 0 Å². The highest BCUT2D eigenvalue weighted by Crippen LogP contribution is 2.44. The number of phenolic OH excluding ortho intramolecular Hbond substituents is 2. The molecule has 0 fully saturated rings. The number of carbonyl (C=O) groups is 2. The molecule has 0 aliphatic heterocycles. The van der Waals surface area contributed by atoms with Gasteiger partial charge in [0.15, 0.2) is 11.5 Å². The second-order valence-electron chi connectivity index (χ2n) is 14.9. The Hall–Kier alpha value is -7.96. The number of carboxylic acids is 1. The number of benzene rings is 7. The van der Waals surface area contributed by atoms with Gasteiger partial charge in [-0.3, -0.25) is 23.0 Å². The monoisotopic (exact) mass is 1030 g/mol. The second kappa shape index (κ2) is 18.5. The van der Waals surface area contributed by atoms with Crippen molar-refractivity contribution in [3.8, 4) is 22.6 Å². The molecule has 28 heteroatoms. The molecule has 0 aliphatic carbocycles. The molecule has 0 radical (unpaired) electrons. The third kappa shape index (κ3) is 10.7. The number of amides is 1. The van der Waals surface area contributed by atoms with E-state index in [9.17, 15) is 76.8 Å². The number of hydrogen-bond acceptors (Lipinski definition) is 18. The van der Waals surface area contributed by atoms with Crippen molar-refractivity contribution in [2.45, 2.75) is 33.4 Å². The van der Waals surface area contributed by atoms with E-state index in [2.05, 4.69) is 36.0 Å². The summed E-state index contributed by atoms with van der Waals surface area (Å²) in [5.41, 5.74) is 1.66. The Morgan fingerprint density at radius 3 is 1.30 bits per heavy atom. The topological polar surface area (TPSA) is 399 Å². The van der Waals surface area contributed by atoms with Crippen LogP contribution >= 0.6 is 0 Å². The zero-order chi connectivity index (χ0) is 51.2. The summed E-state index contributed by atoms with van der Waals surface area (Å²) in [5.74, 6) is -5.40. The van der Waals surface area contributed by atoms with E-state index >= 15 is 0 Å². The molecule has 0 heterocycles. The number of phenols is 2. The molecule has 24 nitrogen and oxygen atoms in total. The molecule has 7 rings (SSSR count). The van der Waals surface area contributed by atoms with Crippen molar-refractivity contribution in [3.05, 3.63) is 114 Å². The van der Waals surface area contributed by atoms with Crippen LogP contribution in [0.3, 0.4) is 0 Å². The van der Waals surface area contributed by atoms with Crippen molar-refractivity contribution in [2.75, 3.05) is 5.32 Å². The molecule has 0 unspecified atom stereocenters. The lowest BCUT2D eigenvalue weighted by atomic mass is 10.0. The fourth-order valence-corrected chi connectivity index (χ4v) is 9.00. The number of azo groups is 3. The van der Waals surface area contributed by atoms with Gasteiger partial charge in [-0.05, 0) is 126 Å². The second-order valence-corrected chi connectivity index (χ2v) is 20.5. The number of aryl methyl sites for hydroxylation is 2. The van der Waals surface area contributed by atoms with E-state index in [1.807, 2.05) is 0 Å². The number of carbonyl (C=O) groups excluding carboxylic acids is 1. The van der Waals surface area contributed by atoms with Gasteiger partial charge in [0.25, 0.3) is 40.5 Å². The third-order valence-electron chi connectivity index (χ3n) is 10.1. The first kappa shape index (κ1) is 49.9. The van der Waals surface area contributed by atoms with Gasteiger partial charge in [0.1, 0.15) is 26.9 Å². The Morgan fingerprint density at radius 1 is 0.471 bits per heavy atom. The Morgan fingerprint density at radius 2 is 0.886 bits per heavy atom. The molecule has 7 aromatic carbocycles. The molecule has 0 bridgehead atoms. The van der Waals surface area contributed by atoms with Crippen molar-refractivity contribution in [1.82, 2.24) is 0 Å². The number of aliphatic carboxylic acids is 1. The van der Waals surface area contributed by atoms with E-state index < -0.39 is 94.8 Å². The van der Waals surface area contributed by atoms with E-state index in [0.717, 1.165) is 54.6 Å². The van der Waals surface area contributed by atoms with Crippen LogP contribution in [0.25, 0.3) is 32.7 Å². The summed E-state index contributed by atoms with van der Waals surface area (Å²) in [7, 11) is -19.7. The van der Waals surface area contributed by atoms with E-state index in [0.29, 0.717) is 27.9 Å². The van der Waals surface area contributed by atoms with Gasteiger partial charge in [-0.15, -0.1) is 15.3 Å². The molecule has 1 amide bonds. The van der Waals surface area contributed by atoms with Crippen molar-refractivity contribution in [2.24, 2.45) is 30.7 Å². The predicted octanol–water partition coefficient (Wildman–Crippen LogP) is 8.94. The summed E-state index contributed by atoms with van der Waals surface area (Å²) in [5, 5.41) is 57.2. The van der Waals surface area contributed by atoms with Crippen molar-refractivity contribution in [1.29, 1.82) is 0 Å².